The molecule has 0 spiro atoms. The fourth-order valence-electron chi connectivity index (χ4n) is 2.62. The third kappa shape index (κ3) is 5.97. The fraction of sp³-hybridized carbons (Fsp3) is 0.263. The van der Waals surface area contributed by atoms with Gasteiger partial charge in [-0.15, -0.1) is 0 Å². The lowest BCUT2D eigenvalue weighted by atomic mass is 10.2. The zero-order chi connectivity index (χ0) is 20.9. The first-order chi connectivity index (χ1) is 13.1. The topological polar surface area (TPSA) is 104 Å². The summed E-state index contributed by atoms with van der Waals surface area (Å²) in [5.74, 6) is -1.34. The van der Waals surface area contributed by atoms with Gasteiger partial charge in [0, 0.05) is 23.7 Å². The Morgan fingerprint density at radius 1 is 1.14 bits per heavy atom. The van der Waals surface area contributed by atoms with Gasteiger partial charge in [0.1, 0.15) is 0 Å². The molecule has 1 amide bonds. The molecule has 0 saturated heterocycles. The summed E-state index contributed by atoms with van der Waals surface area (Å²) >= 11 is 5.99. The number of carbonyl (C=O) groups excluding carboxylic acids is 1. The van der Waals surface area contributed by atoms with Crippen LogP contribution in [-0.2, 0) is 14.8 Å². The van der Waals surface area contributed by atoms with Crippen LogP contribution in [0.25, 0.3) is 0 Å². The van der Waals surface area contributed by atoms with Crippen LogP contribution in [0.5, 0.6) is 0 Å². The van der Waals surface area contributed by atoms with Crippen LogP contribution in [0.15, 0.2) is 42.5 Å². The summed E-state index contributed by atoms with van der Waals surface area (Å²) < 4.78 is 25.6. The summed E-state index contributed by atoms with van der Waals surface area (Å²) in [6.45, 7) is 1.92. The maximum absolute atomic E-state index is 12.2. The smallest absolute Gasteiger partial charge is 0.335 e. The van der Waals surface area contributed by atoms with E-state index in [9.17, 15) is 18.0 Å². The summed E-state index contributed by atoms with van der Waals surface area (Å²) in [5.41, 5.74) is 1.84. The molecule has 2 rings (SSSR count). The predicted octanol–water partition coefficient (Wildman–Crippen LogP) is 3.53. The zero-order valence-electron chi connectivity index (χ0n) is 15.5. The second-order valence-corrected chi connectivity index (χ2v) is 8.64. The van der Waals surface area contributed by atoms with Crippen molar-refractivity contribution in [3.05, 3.63) is 58.6 Å². The van der Waals surface area contributed by atoms with E-state index in [1.807, 2.05) is 0 Å². The molecule has 2 N–H and O–H groups in total. The van der Waals surface area contributed by atoms with Crippen LogP contribution in [0.4, 0.5) is 11.4 Å². The minimum absolute atomic E-state index is 0.103. The Morgan fingerprint density at radius 2 is 1.79 bits per heavy atom. The van der Waals surface area contributed by atoms with Gasteiger partial charge in [0.05, 0.1) is 17.5 Å². The number of carbonyl (C=O) groups is 2. The van der Waals surface area contributed by atoms with Crippen molar-refractivity contribution in [3.8, 4) is 0 Å². The van der Waals surface area contributed by atoms with Gasteiger partial charge < -0.3 is 10.4 Å². The zero-order valence-corrected chi connectivity index (χ0v) is 17.0. The Morgan fingerprint density at radius 3 is 2.36 bits per heavy atom. The van der Waals surface area contributed by atoms with Crippen molar-refractivity contribution >= 4 is 44.9 Å². The summed E-state index contributed by atoms with van der Waals surface area (Å²) in [6.07, 6.45) is 1.52. The van der Waals surface area contributed by atoms with Crippen molar-refractivity contribution in [1.82, 2.24) is 0 Å². The fourth-order valence-corrected chi connectivity index (χ4v) is 3.80. The number of aryl methyl sites for hydroxylation is 1. The average molecular weight is 425 g/mol. The molecule has 0 aliphatic heterocycles. The molecular formula is C19H21ClN2O5S. The van der Waals surface area contributed by atoms with E-state index < -0.39 is 16.0 Å². The van der Waals surface area contributed by atoms with Gasteiger partial charge in [-0.1, -0.05) is 17.7 Å². The third-order valence-corrected chi connectivity index (χ3v) is 5.44. The molecule has 150 valence electrons. The monoisotopic (exact) mass is 424 g/mol. The molecule has 0 unspecified atom stereocenters. The highest BCUT2D eigenvalue weighted by atomic mass is 35.5. The van der Waals surface area contributed by atoms with Gasteiger partial charge in [-0.2, -0.15) is 0 Å². The Labute approximate surface area is 169 Å². The van der Waals surface area contributed by atoms with Gasteiger partial charge in [0.15, 0.2) is 0 Å². The van der Waals surface area contributed by atoms with Gasteiger partial charge in [-0.3, -0.25) is 9.10 Å². The first kappa shape index (κ1) is 21.7. The lowest BCUT2D eigenvalue weighted by Crippen LogP contribution is -2.32. The van der Waals surface area contributed by atoms with Crippen molar-refractivity contribution in [2.24, 2.45) is 0 Å². The first-order valence-corrected chi connectivity index (χ1v) is 10.7. The van der Waals surface area contributed by atoms with Crippen LogP contribution in [0.1, 0.15) is 28.8 Å². The van der Waals surface area contributed by atoms with Gasteiger partial charge in [0.2, 0.25) is 15.9 Å². The Kier molecular flexibility index (Phi) is 7.04. The highest BCUT2D eigenvalue weighted by Gasteiger charge is 2.19. The second kappa shape index (κ2) is 9.07. The van der Waals surface area contributed by atoms with Crippen molar-refractivity contribution in [3.63, 3.8) is 0 Å². The standard InChI is InChI=1S/C19H21ClN2O5S/c1-13-5-8-15(20)12-17(13)22(28(2,26)27)11-3-4-18(23)21-16-9-6-14(7-10-16)19(24)25/h5-10,12H,3-4,11H2,1-2H3,(H,21,23)(H,24,25). The van der Waals surface area contributed by atoms with E-state index in [2.05, 4.69) is 5.32 Å². The Hall–Kier alpha value is -2.58. The lowest BCUT2D eigenvalue weighted by Gasteiger charge is -2.24. The molecule has 0 aromatic heterocycles. The molecule has 0 bridgehead atoms. The van der Waals surface area contributed by atoms with Gasteiger partial charge in [-0.25, -0.2) is 13.2 Å². The van der Waals surface area contributed by atoms with Crippen LogP contribution in [0.2, 0.25) is 5.02 Å². The Balaban J connectivity index is 1.99. The third-order valence-electron chi connectivity index (χ3n) is 4.02. The molecule has 0 aliphatic carbocycles. The number of anilines is 2. The average Bonchev–Trinajstić information content (AvgIpc) is 2.60. The quantitative estimate of drug-likeness (QED) is 0.674. The highest BCUT2D eigenvalue weighted by molar-refractivity contribution is 7.92. The van der Waals surface area contributed by atoms with Crippen LogP contribution < -0.4 is 9.62 Å². The second-order valence-electron chi connectivity index (χ2n) is 6.30. The van der Waals surface area contributed by atoms with E-state index in [0.29, 0.717) is 22.8 Å². The van der Waals surface area contributed by atoms with Crippen molar-refractivity contribution in [2.45, 2.75) is 19.8 Å². The van der Waals surface area contributed by atoms with E-state index in [0.717, 1.165) is 11.8 Å². The molecule has 0 heterocycles. The SMILES string of the molecule is Cc1ccc(Cl)cc1N(CCCC(=O)Nc1ccc(C(=O)O)cc1)S(C)(=O)=O. The van der Waals surface area contributed by atoms with Crippen LogP contribution in [0, 0.1) is 6.92 Å². The van der Waals surface area contributed by atoms with Crippen LogP contribution in [0.3, 0.4) is 0 Å². The molecule has 0 fully saturated rings. The predicted molar refractivity (Wildman–Crippen MR) is 110 cm³/mol. The minimum Gasteiger partial charge on any atom is -0.478 e. The van der Waals surface area contributed by atoms with E-state index in [-0.39, 0.29) is 24.4 Å². The summed E-state index contributed by atoms with van der Waals surface area (Å²) in [4.78, 5) is 22.9. The molecule has 0 saturated carbocycles. The van der Waals surface area contributed by atoms with Gasteiger partial charge in [0.25, 0.3) is 0 Å². The lowest BCUT2D eigenvalue weighted by molar-refractivity contribution is -0.116. The number of hydrogen-bond acceptors (Lipinski definition) is 4. The van der Waals surface area contributed by atoms with E-state index in [1.54, 1.807) is 25.1 Å². The Bertz CT molecular complexity index is 974. The number of halogens is 1. The molecule has 9 heteroatoms. The maximum Gasteiger partial charge on any atom is 0.335 e. The molecule has 0 aliphatic rings. The number of sulfonamides is 1. The molecular weight excluding hydrogens is 404 g/mol. The van der Waals surface area contributed by atoms with Crippen LogP contribution >= 0.6 is 11.6 Å². The number of hydrogen-bond donors (Lipinski definition) is 2. The summed E-state index contributed by atoms with van der Waals surface area (Å²) in [6, 6.07) is 10.8. The number of amides is 1. The number of nitrogens with zero attached hydrogens (tertiary/aromatic N) is 1. The van der Waals surface area contributed by atoms with Crippen molar-refractivity contribution in [2.75, 3.05) is 22.4 Å². The number of nitrogens with one attached hydrogen (secondary N) is 1. The van der Waals surface area contributed by atoms with Crippen LogP contribution in [-0.4, -0.2) is 38.2 Å². The molecule has 7 nitrogen and oxygen atoms in total. The summed E-state index contributed by atoms with van der Waals surface area (Å²) in [5, 5.41) is 12.0. The number of benzene rings is 2. The van der Waals surface area contributed by atoms with Crippen molar-refractivity contribution < 1.29 is 23.1 Å². The molecule has 0 atom stereocenters. The van der Waals surface area contributed by atoms with E-state index >= 15 is 0 Å². The highest BCUT2D eigenvalue weighted by Crippen LogP contribution is 2.26. The molecule has 28 heavy (non-hydrogen) atoms. The van der Waals surface area contributed by atoms with Gasteiger partial charge in [-0.05, 0) is 55.3 Å². The molecule has 0 radical (unpaired) electrons. The summed E-state index contributed by atoms with van der Waals surface area (Å²) in [7, 11) is -3.54. The molecule has 2 aromatic rings. The number of aromatic carboxylic acids is 1. The number of rotatable bonds is 8. The van der Waals surface area contributed by atoms with E-state index in [1.165, 1.54) is 28.6 Å². The minimum atomic E-state index is -3.54. The van der Waals surface area contributed by atoms with Gasteiger partial charge >= 0.3 is 5.97 Å². The van der Waals surface area contributed by atoms with Crippen molar-refractivity contribution in [1.29, 1.82) is 0 Å². The molecule has 2 aromatic carbocycles. The maximum atomic E-state index is 12.2. The largest absolute Gasteiger partial charge is 0.478 e. The normalized spacial score (nSPS) is 11.1. The number of carboxylic acid groups (broad SMARTS) is 1. The van der Waals surface area contributed by atoms with E-state index in [4.69, 9.17) is 16.7 Å². The number of carboxylic acids is 1. The first-order valence-electron chi connectivity index (χ1n) is 8.45.